The van der Waals surface area contributed by atoms with Crippen molar-refractivity contribution < 1.29 is 18.9 Å². The van der Waals surface area contributed by atoms with E-state index in [1.807, 2.05) is 36.4 Å². The van der Waals surface area contributed by atoms with Gasteiger partial charge in [0, 0.05) is 18.6 Å². The summed E-state index contributed by atoms with van der Waals surface area (Å²) in [6.45, 7) is 0. The van der Waals surface area contributed by atoms with Crippen LogP contribution in [0.1, 0.15) is 11.1 Å². The Morgan fingerprint density at radius 1 is 0.619 bits per heavy atom. The summed E-state index contributed by atoms with van der Waals surface area (Å²) >= 11 is 0. The number of benzene rings is 2. The Morgan fingerprint density at radius 2 is 1.05 bits per heavy atom. The van der Waals surface area contributed by atoms with Crippen LogP contribution < -0.4 is 18.9 Å². The SMILES string of the molecule is COc1ccc(Cc2ccc(OC)cc2OC)c(OC)c1. The zero-order chi connectivity index (χ0) is 15.2. The van der Waals surface area contributed by atoms with Gasteiger partial charge in [-0.2, -0.15) is 0 Å². The monoisotopic (exact) mass is 288 g/mol. The van der Waals surface area contributed by atoms with Crippen LogP contribution in [0.25, 0.3) is 0 Å². The molecule has 0 fully saturated rings. The molecule has 4 nitrogen and oxygen atoms in total. The highest BCUT2D eigenvalue weighted by atomic mass is 16.5. The van der Waals surface area contributed by atoms with Gasteiger partial charge in [0.25, 0.3) is 0 Å². The lowest BCUT2D eigenvalue weighted by atomic mass is 10.0. The molecule has 0 spiro atoms. The van der Waals surface area contributed by atoms with Gasteiger partial charge in [-0.05, 0) is 23.3 Å². The molecule has 0 aliphatic carbocycles. The molecule has 0 aliphatic rings. The molecule has 4 heteroatoms. The molecule has 2 rings (SSSR count). The van der Waals surface area contributed by atoms with E-state index >= 15 is 0 Å². The van der Waals surface area contributed by atoms with E-state index in [1.165, 1.54) is 0 Å². The van der Waals surface area contributed by atoms with Gasteiger partial charge >= 0.3 is 0 Å². The van der Waals surface area contributed by atoms with Crippen LogP contribution in [-0.4, -0.2) is 28.4 Å². The van der Waals surface area contributed by atoms with Crippen LogP contribution in [0.2, 0.25) is 0 Å². The Hall–Kier alpha value is -2.36. The van der Waals surface area contributed by atoms with Crippen LogP contribution in [0.3, 0.4) is 0 Å². The maximum Gasteiger partial charge on any atom is 0.126 e. The van der Waals surface area contributed by atoms with E-state index < -0.39 is 0 Å². The molecule has 0 aromatic heterocycles. The van der Waals surface area contributed by atoms with Gasteiger partial charge < -0.3 is 18.9 Å². The normalized spacial score (nSPS) is 10.1. The van der Waals surface area contributed by atoms with Crippen molar-refractivity contribution in [2.24, 2.45) is 0 Å². The Bertz CT molecular complexity index is 554. The van der Waals surface area contributed by atoms with Crippen LogP contribution in [0.4, 0.5) is 0 Å². The van der Waals surface area contributed by atoms with Gasteiger partial charge in [-0.3, -0.25) is 0 Å². The highest BCUT2D eigenvalue weighted by molar-refractivity contribution is 5.47. The van der Waals surface area contributed by atoms with E-state index in [-0.39, 0.29) is 0 Å². The predicted molar refractivity (Wildman–Crippen MR) is 81.9 cm³/mol. The van der Waals surface area contributed by atoms with E-state index in [9.17, 15) is 0 Å². The van der Waals surface area contributed by atoms with Crippen molar-refractivity contribution in [1.29, 1.82) is 0 Å². The topological polar surface area (TPSA) is 36.9 Å². The van der Waals surface area contributed by atoms with Gasteiger partial charge in [0.2, 0.25) is 0 Å². The summed E-state index contributed by atoms with van der Waals surface area (Å²) in [6.07, 6.45) is 0.709. The molecular weight excluding hydrogens is 268 g/mol. The molecule has 21 heavy (non-hydrogen) atoms. The minimum Gasteiger partial charge on any atom is -0.497 e. The second-order valence-electron chi connectivity index (χ2n) is 4.53. The van der Waals surface area contributed by atoms with Crippen LogP contribution in [0.5, 0.6) is 23.0 Å². The molecule has 2 aromatic carbocycles. The van der Waals surface area contributed by atoms with Gasteiger partial charge in [0.05, 0.1) is 28.4 Å². The highest BCUT2D eigenvalue weighted by Gasteiger charge is 2.10. The van der Waals surface area contributed by atoms with E-state index in [2.05, 4.69) is 0 Å². The van der Waals surface area contributed by atoms with E-state index in [0.717, 1.165) is 34.1 Å². The molecular formula is C17H20O4. The van der Waals surface area contributed by atoms with Gasteiger partial charge in [-0.25, -0.2) is 0 Å². The molecule has 2 aromatic rings. The minimum atomic E-state index is 0.709. The Kier molecular flexibility index (Phi) is 4.93. The van der Waals surface area contributed by atoms with Gasteiger partial charge in [0.15, 0.2) is 0 Å². The van der Waals surface area contributed by atoms with Crippen molar-refractivity contribution in [2.45, 2.75) is 6.42 Å². The largest absolute Gasteiger partial charge is 0.497 e. The lowest BCUT2D eigenvalue weighted by Crippen LogP contribution is -1.98. The third kappa shape index (κ3) is 3.40. The molecule has 0 radical (unpaired) electrons. The van der Waals surface area contributed by atoms with Crippen molar-refractivity contribution in [2.75, 3.05) is 28.4 Å². The molecule has 0 N–H and O–H groups in total. The smallest absolute Gasteiger partial charge is 0.126 e. The summed E-state index contributed by atoms with van der Waals surface area (Å²) in [7, 11) is 6.59. The summed E-state index contributed by atoms with van der Waals surface area (Å²) in [6, 6.07) is 11.6. The van der Waals surface area contributed by atoms with Crippen molar-refractivity contribution in [3.05, 3.63) is 47.5 Å². The standard InChI is InChI=1S/C17H20O4/c1-18-14-7-5-12(16(10-14)20-3)9-13-6-8-15(19-2)11-17(13)21-4/h5-8,10-11H,9H2,1-4H3. The molecule has 112 valence electrons. The number of rotatable bonds is 6. The maximum absolute atomic E-state index is 5.43. The Labute approximate surface area is 125 Å². The summed E-state index contributed by atoms with van der Waals surface area (Å²) in [4.78, 5) is 0. The second-order valence-corrected chi connectivity index (χ2v) is 4.53. The molecule has 0 saturated heterocycles. The number of hydrogen-bond acceptors (Lipinski definition) is 4. The fourth-order valence-corrected chi connectivity index (χ4v) is 2.20. The molecule has 0 atom stereocenters. The van der Waals surface area contributed by atoms with Crippen molar-refractivity contribution in [1.82, 2.24) is 0 Å². The van der Waals surface area contributed by atoms with E-state index in [4.69, 9.17) is 18.9 Å². The molecule has 0 unspecified atom stereocenters. The lowest BCUT2D eigenvalue weighted by Gasteiger charge is -2.13. The van der Waals surface area contributed by atoms with Crippen molar-refractivity contribution >= 4 is 0 Å². The third-order valence-electron chi connectivity index (χ3n) is 3.37. The van der Waals surface area contributed by atoms with E-state index in [1.54, 1.807) is 28.4 Å². The first-order valence-electron chi connectivity index (χ1n) is 6.63. The highest BCUT2D eigenvalue weighted by Crippen LogP contribution is 2.31. The first kappa shape index (κ1) is 15.0. The molecule has 0 amide bonds. The van der Waals surface area contributed by atoms with Crippen LogP contribution >= 0.6 is 0 Å². The third-order valence-corrected chi connectivity index (χ3v) is 3.37. The van der Waals surface area contributed by atoms with Gasteiger partial charge in [-0.15, -0.1) is 0 Å². The zero-order valence-electron chi connectivity index (χ0n) is 12.8. The number of ether oxygens (including phenoxy) is 4. The molecule has 0 heterocycles. The fraction of sp³-hybridized carbons (Fsp3) is 0.294. The van der Waals surface area contributed by atoms with Gasteiger partial charge in [0.1, 0.15) is 23.0 Å². The summed E-state index contributed by atoms with van der Waals surface area (Å²) in [5, 5.41) is 0. The summed E-state index contributed by atoms with van der Waals surface area (Å²) in [5.41, 5.74) is 2.14. The maximum atomic E-state index is 5.43. The van der Waals surface area contributed by atoms with Crippen molar-refractivity contribution in [3.8, 4) is 23.0 Å². The summed E-state index contributed by atoms with van der Waals surface area (Å²) < 4.78 is 21.3. The fourth-order valence-electron chi connectivity index (χ4n) is 2.20. The number of hydrogen-bond donors (Lipinski definition) is 0. The quantitative estimate of drug-likeness (QED) is 0.817. The molecule has 0 saturated carbocycles. The number of methoxy groups -OCH3 is 4. The Balaban J connectivity index is 2.33. The van der Waals surface area contributed by atoms with Gasteiger partial charge in [-0.1, -0.05) is 12.1 Å². The minimum absolute atomic E-state index is 0.709. The lowest BCUT2D eigenvalue weighted by molar-refractivity contribution is 0.388. The Morgan fingerprint density at radius 3 is 1.38 bits per heavy atom. The molecule has 0 aliphatic heterocycles. The van der Waals surface area contributed by atoms with E-state index in [0.29, 0.717) is 6.42 Å². The second kappa shape index (κ2) is 6.88. The summed E-state index contributed by atoms with van der Waals surface area (Å²) in [5.74, 6) is 3.15. The molecule has 0 bridgehead atoms. The van der Waals surface area contributed by atoms with Crippen LogP contribution in [0.15, 0.2) is 36.4 Å². The van der Waals surface area contributed by atoms with Crippen LogP contribution in [0, 0.1) is 0 Å². The zero-order valence-corrected chi connectivity index (χ0v) is 12.8. The first-order valence-corrected chi connectivity index (χ1v) is 6.63. The average molecular weight is 288 g/mol. The van der Waals surface area contributed by atoms with Crippen LogP contribution in [-0.2, 0) is 6.42 Å². The average Bonchev–Trinajstić information content (AvgIpc) is 2.55. The first-order chi connectivity index (χ1) is 10.2. The van der Waals surface area contributed by atoms with Crippen molar-refractivity contribution in [3.63, 3.8) is 0 Å². The predicted octanol–water partition coefficient (Wildman–Crippen LogP) is 3.31.